The molecule has 0 bridgehead atoms. The maximum absolute atomic E-state index is 13.7. The van der Waals surface area contributed by atoms with E-state index in [0.717, 1.165) is 11.3 Å². The van der Waals surface area contributed by atoms with Crippen molar-refractivity contribution in [3.05, 3.63) is 53.6 Å². The number of hydrogen-bond donors (Lipinski definition) is 3. The number of amides is 1. The number of carboxylic acid groups (broad SMARTS) is 1. The maximum Gasteiger partial charge on any atom is 0.290 e. The van der Waals surface area contributed by atoms with E-state index in [0.29, 0.717) is 12.1 Å². The van der Waals surface area contributed by atoms with Crippen molar-refractivity contribution in [2.45, 2.75) is 13.3 Å². The molecule has 2 aromatic rings. The summed E-state index contributed by atoms with van der Waals surface area (Å²) in [5.41, 5.74) is 5.10. The summed E-state index contributed by atoms with van der Waals surface area (Å²) < 4.78 is 32.1. The summed E-state index contributed by atoms with van der Waals surface area (Å²) in [6.45, 7) is 1.69. The van der Waals surface area contributed by atoms with Crippen molar-refractivity contribution in [3.8, 4) is 5.75 Å². The van der Waals surface area contributed by atoms with Crippen molar-refractivity contribution in [1.29, 1.82) is 0 Å². The summed E-state index contributed by atoms with van der Waals surface area (Å²) >= 11 is 0. The molecule has 0 saturated carbocycles. The van der Waals surface area contributed by atoms with Crippen molar-refractivity contribution >= 4 is 29.5 Å². The fourth-order valence-corrected chi connectivity index (χ4v) is 2.72. The number of nitrogens with one attached hydrogen (secondary N) is 2. The molecule has 148 valence electrons. The van der Waals surface area contributed by atoms with E-state index in [1.165, 1.54) is 19.2 Å². The summed E-state index contributed by atoms with van der Waals surface area (Å²) in [7, 11) is 1.21. The molecule has 0 saturated heterocycles. The first kappa shape index (κ1) is 20.8. The van der Waals surface area contributed by atoms with Crippen LogP contribution < -0.4 is 15.5 Å². The Morgan fingerprint density at radius 3 is 2.29 bits per heavy atom. The molecule has 0 spiro atoms. The van der Waals surface area contributed by atoms with Crippen LogP contribution in [0, 0.1) is 17.6 Å². The van der Waals surface area contributed by atoms with Gasteiger partial charge in [-0.05, 0) is 17.7 Å². The van der Waals surface area contributed by atoms with Crippen LogP contribution in [0.2, 0.25) is 0 Å². The Kier molecular flexibility index (Phi) is 7.02. The fourth-order valence-electron chi connectivity index (χ4n) is 2.72. The summed E-state index contributed by atoms with van der Waals surface area (Å²) in [4.78, 5) is 19.7. The molecule has 1 atom stereocenters. The molecule has 3 rings (SSSR count). The second-order valence-electron chi connectivity index (χ2n) is 5.92. The Balaban J connectivity index is 0.000000878. The largest absolute Gasteiger partial charge is 0.491 e. The molecule has 0 radical (unpaired) electrons. The molecule has 9 heteroatoms. The maximum atomic E-state index is 13.7. The highest BCUT2D eigenvalue weighted by Gasteiger charge is 2.21. The van der Waals surface area contributed by atoms with E-state index >= 15 is 0 Å². The van der Waals surface area contributed by atoms with Gasteiger partial charge in [-0.15, -0.1) is 0 Å². The van der Waals surface area contributed by atoms with E-state index in [4.69, 9.17) is 9.90 Å². The molecule has 1 aliphatic heterocycles. The standard InChI is InChI=1S/C18H17F2N3O2.CH2O2/c1-10-7-16(24)22-23-17(10)11-3-5-12(6-4-11)21-13-8-14(19)18(25-2)15(20)9-13;2-1-3/h3-6,8-10,21H,7H2,1-2H3,(H,22,24);1H,(H,2,3)/t10-;/m1./s1. The van der Waals surface area contributed by atoms with Crippen LogP contribution in [0.5, 0.6) is 5.75 Å². The van der Waals surface area contributed by atoms with Crippen LogP contribution >= 0.6 is 0 Å². The first-order valence-electron chi connectivity index (χ1n) is 8.24. The van der Waals surface area contributed by atoms with Crippen molar-refractivity contribution in [3.63, 3.8) is 0 Å². The van der Waals surface area contributed by atoms with E-state index in [9.17, 15) is 13.6 Å². The molecule has 7 nitrogen and oxygen atoms in total. The lowest BCUT2D eigenvalue weighted by atomic mass is 9.94. The number of hydrazone groups is 1. The number of ether oxygens (including phenoxy) is 1. The van der Waals surface area contributed by atoms with E-state index in [2.05, 4.69) is 20.6 Å². The monoisotopic (exact) mass is 391 g/mol. The summed E-state index contributed by atoms with van der Waals surface area (Å²) in [5, 5.41) is 13.9. The molecule has 28 heavy (non-hydrogen) atoms. The third kappa shape index (κ3) is 5.03. The third-order valence-corrected chi connectivity index (χ3v) is 3.93. The molecule has 0 aromatic heterocycles. The zero-order valence-corrected chi connectivity index (χ0v) is 15.2. The summed E-state index contributed by atoms with van der Waals surface area (Å²) in [6, 6.07) is 9.57. The van der Waals surface area contributed by atoms with Crippen molar-refractivity contribution in [2.75, 3.05) is 12.4 Å². The van der Waals surface area contributed by atoms with Gasteiger partial charge >= 0.3 is 0 Å². The van der Waals surface area contributed by atoms with Crippen molar-refractivity contribution in [2.24, 2.45) is 11.0 Å². The summed E-state index contributed by atoms with van der Waals surface area (Å²) in [5.74, 6) is -2.03. The predicted molar refractivity (Wildman–Crippen MR) is 99.8 cm³/mol. The number of carbonyl (C=O) groups is 2. The van der Waals surface area contributed by atoms with Crippen LogP contribution in [-0.4, -0.2) is 30.3 Å². The van der Waals surface area contributed by atoms with Gasteiger partial charge in [-0.25, -0.2) is 14.2 Å². The molecule has 2 aromatic carbocycles. The molecule has 1 aliphatic rings. The fraction of sp³-hybridized carbons (Fsp3) is 0.211. The lowest BCUT2D eigenvalue weighted by molar-refractivity contribution is -0.123. The molecule has 0 aliphatic carbocycles. The van der Waals surface area contributed by atoms with E-state index in [-0.39, 0.29) is 24.0 Å². The van der Waals surface area contributed by atoms with Crippen LogP contribution in [0.25, 0.3) is 0 Å². The minimum Gasteiger partial charge on any atom is -0.491 e. The minimum atomic E-state index is -0.775. The van der Waals surface area contributed by atoms with Crippen molar-refractivity contribution < 1.29 is 28.2 Å². The van der Waals surface area contributed by atoms with Gasteiger partial charge < -0.3 is 15.2 Å². The Labute approximate surface area is 160 Å². The van der Waals surface area contributed by atoms with Crippen LogP contribution in [0.3, 0.4) is 0 Å². The normalized spacial score (nSPS) is 15.5. The minimum absolute atomic E-state index is 0.0253. The van der Waals surface area contributed by atoms with Crippen molar-refractivity contribution in [1.82, 2.24) is 5.43 Å². The van der Waals surface area contributed by atoms with Gasteiger partial charge in [0.15, 0.2) is 17.4 Å². The van der Waals surface area contributed by atoms with Crippen LogP contribution in [-0.2, 0) is 9.59 Å². The zero-order valence-electron chi connectivity index (χ0n) is 15.2. The second-order valence-corrected chi connectivity index (χ2v) is 5.92. The quantitative estimate of drug-likeness (QED) is 0.695. The molecular weight excluding hydrogens is 372 g/mol. The lowest BCUT2D eigenvalue weighted by Gasteiger charge is -2.19. The highest BCUT2D eigenvalue weighted by Crippen LogP contribution is 2.27. The Morgan fingerprint density at radius 2 is 1.79 bits per heavy atom. The van der Waals surface area contributed by atoms with Gasteiger partial charge in [0.05, 0.1) is 12.8 Å². The smallest absolute Gasteiger partial charge is 0.290 e. The van der Waals surface area contributed by atoms with E-state index < -0.39 is 17.4 Å². The Hall–Kier alpha value is -3.49. The van der Waals surface area contributed by atoms with Gasteiger partial charge in [0.2, 0.25) is 5.91 Å². The number of rotatable bonds is 4. The third-order valence-electron chi connectivity index (χ3n) is 3.93. The van der Waals surface area contributed by atoms with E-state index in [1.807, 2.05) is 19.1 Å². The van der Waals surface area contributed by atoms with Crippen LogP contribution in [0.1, 0.15) is 18.9 Å². The highest BCUT2D eigenvalue weighted by atomic mass is 19.1. The number of anilines is 2. The number of hydrogen-bond acceptors (Lipinski definition) is 5. The van der Waals surface area contributed by atoms with Gasteiger partial charge in [0.1, 0.15) is 0 Å². The van der Waals surface area contributed by atoms with Crippen LogP contribution in [0.15, 0.2) is 41.5 Å². The van der Waals surface area contributed by atoms with Gasteiger partial charge in [0, 0.05) is 35.8 Å². The number of methoxy groups -OCH3 is 1. The first-order chi connectivity index (χ1) is 13.4. The predicted octanol–water partition coefficient (Wildman–Crippen LogP) is 3.28. The highest BCUT2D eigenvalue weighted by molar-refractivity contribution is 6.05. The van der Waals surface area contributed by atoms with E-state index in [1.54, 1.807) is 12.1 Å². The average molecular weight is 391 g/mol. The topological polar surface area (TPSA) is 100 Å². The van der Waals surface area contributed by atoms with Gasteiger partial charge in [-0.1, -0.05) is 19.1 Å². The molecule has 1 heterocycles. The van der Waals surface area contributed by atoms with Gasteiger partial charge in [-0.2, -0.15) is 5.10 Å². The van der Waals surface area contributed by atoms with Gasteiger partial charge in [0.25, 0.3) is 6.47 Å². The zero-order chi connectivity index (χ0) is 20.7. The molecule has 0 unspecified atom stereocenters. The lowest BCUT2D eigenvalue weighted by Crippen LogP contribution is -2.31. The first-order valence-corrected chi connectivity index (χ1v) is 8.24. The second kappa shape index (κ2) is 9.45. The molecule has 0 fully saturated rings. The average Bonchev–Trinajstić information content (AvgIpc) is 2.63. The Bertz CT molecular complexity index is 862. The number of carbonyl (C=O) groups excluding carboxylic acids is 1. The van der Waals surface area contributed by atoms with Gasteiger partial charge in [-0.3, -0.25) is 9.59 Å². The number of benzene rings is 2. The SMILES string of the molecule is COc1c(F)cc(Nc2ccc(C3=NNC(=O)C[C@H]3C)cc2)cc1F.O=CO. The number of halogens is 2. The summed E-state index contributed by atoms with van der Waals surface area (Å²) in [6.07, 6.45) is 0.392. The molecule has 3 N–H and O–H groups in total. The van der Waals surface area contributed by atoms with Crippen LogP contribution in [0.4, 0.5) is 20.2 Å². The number of nitrogens with zero attached hydrogens (tertiary/aromatic N) is 1. The molecular formula is C19H19F2N3O4. The Morgan fingerprint density at radius 1 is 1.21 bits per heavy atom. The molecule has 1 amide bonds.